The van der Waals surface area contributed by atoms with E-state index in [1.807, 2.05) is 36.6 Å². The van der Waals surface area contributed by atoms with Crippen LogP contribution in [0.25, 0.3) is 11.3 Å². The fraction of sp³-hybridized carbons (Fsp3) is 0.190. The summed E-state index contributed by atoms with van der Waals surface area (Å²) in [7, 11) is 1.31. The standard InChI is InChI=1S/C21H20BrN3O3S/c1-3-11-25(20(27)23-17-10-5-4-9-16(17)19(26)28-2)21-24-18(13-29-21)14-7-6-8-15(22)12-14/h4-10,12-13H,3,11H2,1-2H3,(H,23,27). The Hall–Kier alpha value is -2.71. The quantitative estimate of drug-likeness (QED) is 0.458. The first-order valence-electron chi connectivity index (χ1n) is 9.00. The van der Waals surface area contributed by atoms with Crippen LogP contribution in [0, 0.1) is 0 Å². The van der Waals surface area contributed by atoms with E-state index in [2.05, 4.69) is 26.2 Å². The number of nitrogens with one attached hydrogen (secondary N) is 1. The van der Waals surface area contributed by atoms with E-state index in [0.717, 1.165) is 22.2 Å². The summed E-state index contributed by atoms with van der Waals surface area (Å²) in [4.78, 5) is 31.2. The van der Waals surface area contributed by atoms with Crippen molar-refractivity contribution >= 4 is 50.1 Å². The minimum atomic E-state index is -0.505. The minimum Gasteiger partial charge on any atom is -0.465 e. The van der Waals surface area contributed by atoms with Gasteiger partial charge < -0.3 is 10.1 Å². The van der Waals surface area contributed by atoms with E-state index in [4.69, 9.17) is 4.74 Å². The van der Waals surface area contributed by atoms with E-state index in [0.29, 0.717) is 22.9 Å². The molecule has 3 rings (SSSR count). The lowest BCUT2D eigenvalue weighted by molar-refractivity contribution is 0.0602. The number of ether oxygens (including phenoxy) is 1. The maximum Gasteiger partial charge on any atom is 0.339 e. The third-order valence-corrected chi connectivity index (χ3v) is 5.47. The molecule has 0 aliphatic rings. The molecule has 6 nitrogen and oxygen atoms in total. The summed E-state index contributed by atoms with van der Waals surface area (Å²) in [6, 6.07) is 14.3. The Morgan fingerprint density at radius 2 is 2.00 bits per heavy atom. The van der Waals surface area contributed by atoms with E-state index in [1.54, 1.807) is 29.2 Å². The molecule has 0 atom stereocenters. The lowest BCUT2D eigenvalue weighted by Gasteiger charge is -2.20. The number of methoxy groups -OCH3 is 1. The van der Waals surface area contributed by atoms with Crippen LogP contribution in [-0.4, -0.2) is 30.6 Å². The Kier molecular flexibility index (Phi) is 7.00. The van der Waals surface area contributed by atoms with E-state index in [1.165, 1.54) is 18.4 Å². The third kappa shape index (κ3) is 5.02. The summed E-state index contributed by atoms with van der Waals surface area (Å²) in [5, 5.41) is 5.33. The summed E-state index contributed by atoms with van der Waals surface area (Å²) >= 11 is 4.87. The van der Waals surface area contributed by atoms with Crippen molar-refractivity contribution in [1.29, 1.82) is 0 Å². The zero-order valence-electron chi connectivity index (χ0n) is 16.0. The van der Waals surface area contributed by atoms with Gasteiger partial charge in [-0.2, -0.15) is 0 Å². The Labute approximate surface area is 181 Å². The SMILES string of the molecule is CCCN(C(=O)Nc1ccccc1C(=O)OC)c1nc(-c2cccc(Br)c2)cs1. The second-order valence-electron chi connectivity index (χ2n) is 6.14. The monoisotopic (exact) mass is 473 g/mol. The number of carbonyl (C=O) groups is 2. The number of carbonyl (C=O) groups excluding carboxylic acids is 2. The summed E-state index contributed by atoms with van der Waals surface area (Å²) < 4.78 is 5.76. The fourth-order valence-electron chi connectivity index (χ4n) is 2.74. The van der Waals surface area contributed by atoms with Crippen molar-refractivity contribution in [3.05, 3.63) is 63.9 Å². The summed E-state index contributed by atoms with van der Waals surface area (Å²) in [6.07, 6.45) is 0.762. The highest BCUT2D eigenvalue weighted by Crippen LogP contribution is 2.29. The molecule has 1 heterocycles. The van der Waals surface area contributed by atoms with Gasteiger partial charge in [0.2, 0.25) is 0 Å². The highest BCUT2D eigenvalue weighted by atomic mass is 79.9. The molecule has 3 aromatic rings. The third-order valence-electron chi connectivity index (χ3n) is 4.11. The number of amides is 2. The molecular weight excluding hydrogens is 454 g/mol. The number of anilines is 2. The highest BCUT2D eigenvalue weighted by molar-refractivity contribution is 9.10. The number of nitrogens with zero attached hydrogens (tertiary/aromatic N) is 2. The van der Waals surface area contributed by atoms with Crippen LogP contribution >= 0.6 is 27.3 Å². The number of thiazole rings is 1. The summed E-state index contributed by atoms with van der Waals surface area (Å²) in [6.45, 7) is 2.49. The molecule has 0 radical (unpaired) electrons. The topological polar surface area (TPSA) is 71.5 Å². The van der Waals surface area contributed by atoms with E-state index in [-0.39, 0.29) is 6.03 Å². The average molecular weight is 474 g/mol. The van der Waals surface area contributed by atoms with Gasteiger partial charge in [0, 0.05) is 22.0 Å². The van der Waals surface area contributed by atoms with Gasteiger partial charge in [-0.3, -0.25) is 4.90 Å². The molecule has 0 saturated carbocycles. The van der Waals surface area contributed by atoms with Crippen molar-refractivity contribution < 1.29 is 14.3 Å². The molecule has 0 aliphatic heterocycles. The fourth-order valence-corrected chi connectivity index (χ4v) is 4.00. The number of para-hydroxylation sites is 1. The Balaban J connectivity index is 1.85. The van der Waals surface area contributed by atoms with Gasteiger partial charge in [0.1, 0.15) is 0 Å². The number of halogens is 1. The molecule has 150 valence electrons. The molecule has 1 N–H and O–H groups in total. The number of benzene rings is 2. The molecule has 0 unspecified atom stereocenters. The van der Waals surface area contributed by atoms with Crippen molar-refractivity contribution in [1.82, 2.24) is 4.98 Å². The largest absolute Gasteiger partial charge is 0.465 e. The van der Waals surface area contributed by atoms with Gasteiger partial charge in [-0.1, -0.05) is 47.1 Å². The van der Waals surface area contributed by atoms with Crippen molar-refractivity contribution in [3.63, 3.8) is 0 Å². The molecule has 0 saturated heterocycles. The molecule has 0 spiro atoms. The molecule has 2 aromatic carbocycles. The lowest BCUT2D eigenvalue weighted by atomic mass is 10.2. The van der Waals surface area contributed by atoms with Crippen LogP contribution in [-0.2, 0) is 4.74 Å². The Bertz CT molecular complexity index is 1020. The molecule has 0 fully saturated rings. The predicted octanol–water partition coefficient (Wildman–Crippen LogP) is 5.81. The molecule has 0 aliphatic carbocycles. The van der Waals surface area contributed by atoms with Crippen LogP contribution in [0.1, 0.15) is 23.7 Å². The van der Waals surface area contributed by atoms with Gasteiger partial charge in [-0.05, 0) is 30.7 Å². The predicted molar refractivity (Wildman–Crippen MR) is 120 cm³/mol. The van der Waals surface area contributed by atoms with Crippen LogP contribution in [0.15, 0.2) is 58.4 Å². The Morgan fingerprint density at radius 3 is 2.72 bits per heavy atom. The van der Waals surface area contributed by atoms with Crippen molar-refractivity contribution in [2.24, 2.45) is 0 Å². The molecule has 2 amide bonds. The van der Waals surface area contributed by atoms with Gasteiger partial charge >= 0.3 is 12.0 Å². The smallest absolute Gasteiger partial charge is 0.339 e. The number of aromatic nitrogens is 1. The zero-order valence-corrected chi connectivity index (χ0v) is 18.4. The first-order chi connectivity index (χ1) is 14.0. The number of rotatable bonds is 6. The van der Waals surface area contributed by atoms with Crippen LogP contribution in [0.2, 0.25) is 0 Å². The van der Waals surface area contributed by atoms with Crippen molar-refractivity contribution in [3.8, 4) is 11.3 Å². The van der Waals surface area contributed by atoms with Gasteiger partial charge in [0.25, 0.3) is 0 Å². The van der Waals surface area contributed by atoms with E-state index < -0.39 is 5.97 Å². The first kappa shape index (κ1) is 21.0. The molecular formula is C21H20BrN3O3S. The molecule has 1 aromatic heterocycles. The Morgan fingerprint density at radius 1 is 1.21 bits per heavy atom. The normalized spacial score (nSPS) is 10.4. The summed E-state index contributed by atoms with van der Waals surface area (Å²) in [5.41, 5.74) is 2.47. The maximum atomic E-state index is 13.0. The minimum absolute atomic E-state index is 0.300. The van der Waals surface area contributed by atoms with Crippen molar-refractivity contribution in [2.75, 3.05) is 23.9 Å². The van der Waals surface area contributed by atoms with E-state index >= 15 is 0 Å². The first-order valence-corrected chi connectivity index (χ1v) is 10.7. The van der Waals surface area contributed by atoms with Crippen LogP contribution in [0.4, 0.5) is 15.6 Å². The van der Waals surface area contributed by atoms with E-state index in [9.17, 15) is 9.59 Å². The number of hydrogen-bond acceptors (Lipinski definition) is 5. The van der Waals surface area contributed by atoms with Crippen LogP contribution in [0.5, 0.6) is 0 Å². The molecule has 0 bridgehead atoms. The number of esters is 1. The zero-order chi connectivity index (χ0) is 20.8. The van der Waals surface area contributed by atoms with Crippen molar-refractivity contribution in [2.45, 2.75) is 13.3 Å². The second kappa shape index (κ2) is 9.67. The molecule has 29 heavy (non-hydrogen) atoms. The number of urea groups is 1. The van der Waals surface area contributed by atoms with Crippen LogP contribution < -0.4 is 10.2 Å². The van der Waals surface area contributed by atoms with Crippen LogP contribution in [0.3, 0.4) is 0 Å². The van der Waals surface area contributed by atoms with Gasteiger partial charge in [0.15, 0.2) is 5.13 Å². The molecule has 8 heteroatoms. The average Bonchev–Trinajstić information content (AvgIpc) is 3.21. The second-order valence-corrected chi connectivity index (χ2v) is 7.90. The summed E-state index contributed by atoms with van der Waals surface area (Å²) in [5.74, 6) is -0.505. The van der Waals surface area contributed by atoms with Gasteiger partial charge in [-0.25, -0.2) is 14.6 Å². The lowest BCUT2D eigenvalue weighted by Crippen LogP contribution is -2.36. The maximum absolute atomic E-state index is 13.0. The van der Waals surface area contributed by atoms with Gasteiger partial charge in [0.05, 0.1) is 24.1 Å². The number of hydrogen-bond donors (Lipinski definition) is 1. The highest BCUT2D eigenvalue weighted by Gasteiger charge is 2.21. The van der Waals surface area contributed by atoms with Gasteiger partial charge in [-0.15, -0.1) is 11.3 Å².